The number of fused-ring (bicyclic) bond motifs is 2. The van der Waals surface area contributed by atoms with Gasteiger partial charge < -0.3 is 30.9 Å². The van der Waals surface area contributed by atoms with E-state index in [0.717, 1.165) is 26.3 Å². The molecular formula is C24H22N6O7S3. The van der Waals surface area contributed by atoms with Gasteiger partial charge in [-0.3, -0.25) is 14.5 Å². The number of aliphatic carboxylic acids is 2. The van der Waals surface area contributed by atoms with E-state index >= 15 is 0 Å². The lowest BCUT2D eigenvalue weighted by Gasteiger charge is -2.50. The molecule has 2 atom stereocenters. The molecule has 0 aromatic carbocycles. The minimum Gasteiger partial charge on any atom is -0.543 e. The lowest BCUT2D eigenvalue weighted by atomic mass is 10.0. The lowest BCUT2D eigenvalue weighted by Crippen LogP contribution is -2.71. The average Bonchev–Trinajstić information content (AvgIpc) is 3.55. The average molecular weight is 603 g/mol. The Kier molecular flexibility index (Phi) is 7.24. The van der Waals surface area contributed by atoms with Gasteiger partial charge in [0.1, 0.15) is 17.1 Å². The monoisotopic (exact) mass is 602 g/mol. The molecule has 1 saturated heterocycles. The Morgan fingerprint density at radius 2 is 2.12 bits per heavy atom. The molecule has 4 N–H and O–H groups in total. The first-order valence-electron chi connectivity index (χ1n) is 11.7. The summed E-state index contributed by atoms with van der Waals surface area (Å²) in [6.45, 7) is 2.74. The van der Waals surface area contributed by atoms with Crippen molar-refractivity contribution in [2.24, 2.45) is 5.16 Å². The molecule has 2 unspecified atom stereocenters. The van der Waals surface area contributed by atoms with Gasteiger partial charge in [-0.2, -0.15) is 4.57 Å². The first-order chi connectivity index (χ1) is 19.0. The normalized spacial score (nSPS) is 19.3. The fraction of sp³-hybridized carbons (Fsp3) is 0.292. The number of rotatable bonds is 9. The molecule has 3 aromatic rings. The maximum absolute atomic E-state index is 13.2. The van der Waals surface area contributed by atoms with Crippen LogP contribution in [0.25, 0.3) is 10.1 Å². The number of amides is 2. The van der Waals surface area contributed by atoms with Gasteiger partial charge in [0.25, 0.3) is 11.8 Å². The molecule has 5 heterocycles. The number of nitrogens with one attached hydrogen (secondary N) is 1. The molecule has 0 spiro atoms. The second-order valence-corrected chi connectivity index (χ2v) is 12.3. The first-order valence-corrected chi connectivity index (χ1v) is 14.5. The number of oxime groups is 1. The molecule has 2 aliphatic rings. The lowest BCUT2D eigenvalue weighted by molar-refractivity contribution is -0.687. The van der Waals surface area contributed by atoms with Gasteiger partial charge in [0, 0.05) is 28.2 Å². The molecule has 2 amide bonds. The summed E-state index contributed by atoms with van der Waals surface area (Å²) in [5, 5.41) is 31.6. The van der Waals surface area contributed by atoms with Gasteiger partial charge in [0.05, 0.1) is 16.4 Å². The number of carbonyl (C=O) groups is 4. The summed E-state index contributed by atoms with van der Waals surface area (Å²) in [7, 11) is 0. The smallest absolute Gasteiger partial charge is 0.350 e. The summed E-state index contributed by atoms with van der Waals surface area (Å²) < 4.78 is 2.89. The third-order valence-corrected chi connectivity index (χ3v) is 9.10. The molecule has 0 bridgehead atoms. The maximum Gasteiger partial charge on any atom is 0.350 e. The highest BCUT2D eigenvalue weighted by Crippen LogP contribution is 2.40. The van der Waals surface area contributed by atoms with Crippen LogP contribution in [-0.2, 0) is 30.6 Å². The van der Waals surface area contributed by atoms with Crippen molar-refractivity contribution < 1.29 is 38.8 Å². The second-order valence-electron chi connectivity index (χ2n) is 9.38. The Hall–Kier alpha value is -4.02. The number of thiazole rings is 1. The van der Waals surface area contributed by atoms with E-state index in [1.54, 1.807) is 11.3 Å². The van der Waals surface area contributed by atoms with E-state index in [0.29, 0.717) is 11.3 Å². The Morgan fingerprint density at radius 1 is 1.35 bits per heavy atom. The quantitative estimate of drug-likeness (QED) is 0.129. The number of aromatic nitrogens is 2. The van der Waals surface area contributed by atoms with Gasteiger partial charge in [0.2, 0.25) is 5.60 Å². The fourth-order valence-electron chi connectivity index (χ4n) is 4.06. The summed E-state index contributed by atoms with van der Waals surface area (Å²) in [6.07, 6.45) is 3.75. The van der Waals surface area contributed by atoms with E-state index in [2.05, 4.69) is 15.5 Å². The van der Waals surface area contributed by atoms with Crippen molar-refractivity contribution in [1.29, 1.82) is 0 Å². The summed E-state index contributed by atoms with van der Waals surface area (Å²) in [5.74, 6) is -4.01. The van der Waals surface area contributed by atoms with Gasteiger partial charge in [0.15, 0.2) is 29.8 Å². The molecule has 16 heteroatoms. The molecule has 5 rings (SSSR count). The van der Waals surface area contributed by atoms with Crippen molar-refractivity contribution in [3.63, 3.8) is 0 Å². The van der Waals surface area contributed by atoms with E-state index in [9.17, 15) is 29.4 Å². The van der Waals surface area contributed by atoms with Crippen LogP contribution in [0.1, 0.15) is 19.5 Å². The number of nitrogen functional groups attached to an aromatic ring is 1. The van der Waals surface area contributed by atoms with E-state index in [1.165, 1.54) is 31.0 Å². The third kappa shape index (κ3) is 5.12. The zero-order chi connectivity index (χ0) is 28.8. The SMILES string of the molecule is CC(C)(O/N=C(/C(=O)NC1C(=O)N2C(C(=O)[O-])=C(C[n+]3ccc4ccsc4c3)CSC12)c1csc(N)n1)C(=O)O. The van der Waals surface area contributed by atoms with Crippen molar-refractivity contribution in [3.8, 4) is 0 Å². The number of nitrogens with zero attached hydrogens (tertiary/aromatic N) is 4. The van der Waals surface area contributed by atoms with Crippen molar-refractivity contribution >= 4 is 79.1 Å². The Morgan fingerprint density at radius 3 is 2.80 bits per heavy atom. The van der Waals surface area contributed by atoms with Crippen LogP contribution in [0.2, 0.25) is 0 Å². The van der Waals surface area contributed by atoms with Gasteiger partial charge >= 0.3 is 5.97 Å². The number of hydrogen-bond donors (Lipinski definition) is 3. The van der Waals surface area contributed by atoms with Crippen LogP contribution in [0.15, 0.2) is 51.7 Å². The largest absolute Gasteiger partial charge is 0.543 e. The number of pyridine rings is 1. The molecule has 0 aliphatic carbocycles. The highest BCUT2D eigenvalue weighted by atomic mass is 32.2. The first kappa shape index (κ1) is 27.5. The molecule has 3 aromatic heterocycles. The number of thioether (sulfide) groups is 1. The van der Waals surface area contributed by atoms with Crippen LogP contribution in [0.5, 0.6) is 0 Å². The summed E-state index contributed by atoms with van der Waals surface area (Å²) in [4.78, 5) is 60.1. The summed E-state index contributed by atoms with van der Waals surface area (Å²) >= 11 is 3.89. The third-order valence-electron chi connectivity index (χ3n) is 6.22. The minimum atomic E-state index is -1.76. The van der Waals surface area contributed by atoms with Crippen molar-refractivity contribution in [2.45, 2.75) is 37.4 Å². The number of β-lactam (4-membered cyclic amide) rings is 1. The maximum atomic E-state index is 13.2. The van der Waals surface area contributed by atoms with Crippen LogP contribution >= 0.6 is 34.4 Å². The Labute approximate surface area is 238 Å². The number of hydrogen-bond acceptors (Lipinski definition) is 12. The van der Waals surface area contributed by atoms with Crippen molar-refractivity contribution in [2.75, 3.05) is 11.5 Å². The van der Waals surface area contributed by atoms with E-state index < -0.39 is 40.8 Å². The van der Waals surface area contributed by atoms with Gasteiger partial charge in [-0.05, 0) is 25.3 Å². The molecule has 2 aliphatic heterocycles. The predicted octanol–water partition coefficient (Wildman–Crippen LogP) is -0.0845. The zero-order valence-electron chi connectivity index (χ0n) is 21.0. The van der Waals surface area contributed by atoms with E-state index in [1.807, 2.05) is 34.5 Å². The van der Waals surface area contributed by atoms with Crippen LogP contribution in [0, 0.1) is 0 Å². The fourth-order valence-corrected chi connectivity index (χ4v) is 6.78. The number of carboxylic acids is 2. The number of nitrogens with two attached hydrogens (primary N) is 1. The predicted molar refractivity (Wildman–Crippen MR) is 145 cm³/mol. The van der Waals surface area contributed by atoms with Crippen LogP contribution in [0.4, 0.5) is 5.13 Å². The Balaban J connectivity index is 1.36. The van der Waals surface area contributed by atoms with Crippen LogP contribution < -0.4 is 20.7 Å². The minimum absolute atomic E-state index is 0.0263. The van der Waals surface area contributed by atoms with Gasteiger partial charge in [-0.15, -0.1) is 34.4 Å². The number of carboxylic acid groups (broad SMARTS) is 2. The zero-order valence-corrected chi connectivity index (χ0v) is 23.5. The molecular weight excluding hydrogens is 581 g/mol. The molecule has 13 nitrogen and oxygen atoms in total. The van der Waals surface area contributed by atoms with Crippen LogP contribution in [0.3, 0.4) is 0 Å². The van der Waals surface area contributed by atoms with E-state index in [-0.39, 0.29) is 28.8 Å². The van der Waals surface area contributed by atoms with Crippen molar-refractivity contribution in [1.82, 2.24) is 15.2 Å². The number of thiophene rings is 1. The molecule has 208 valence electrons. The molecule has 1 fully saturated rings. The highest BCUT2D eigenvalue weighted by molar-refractivity contribution is 8.00. The van der Waals surface area contributed by atoms with Gasteiger partial charge in [-0.1, -0.05) is 5.16 Å². The highest BCUT2D eigenvalue weighted by Gasteiger charge is 2.53. The summed E-state index contributed by atoms with van der Waals surface area (Å²) in [6, 6.07) is 2.85. The van der Waals surface area contributed by atoms with E-state index in [4.69, 9.17) is 10.6 Å². The molecule has 40 heavy (non-hydrogen) atoms. The molecule has 0 saturated carbocycles. The standard InChI is InChI=1S/C24H22N6O7S3/c1-24(2,22(35)36)37-28-15(13-10-40-23(25)26-13)18(31)27-16-19(32)30-17(21(33)34)12(9-39-20(16)30)7-29-5-3-11-4-6-38-14(11)8-29/h3-6,8,10,16,20H,7,9H2,1-2H3,(H4-,25,26,27,31,33,34,35,36)/b28-15+. The summed E-state index contributed by atoms with van der Waals surface area (Å²) in [5.41, 5.74) is 3.85. The van der Waals surface area contributed by atoms with Crippen molar-refractivity contribution in [3.05, 3.63) is 52.3 Å². The number of carbonyl (C=O) groups excluding carboxylic acids is 3. The number of anilines is 1. The molecule has 0 radical (unpaired) electrons. The van der Waals surface area contributed by atoms with Crippen LogP contribution in [-0.4, -0.2) is 67.2 Å². The second kappa shape index (κ2) is 10.5. The van der Waals surface area contributed by atoms with Gasteiger partial charge in [-0.25, -0.2) is 9.78 Å². The topological polar surface area (TPSA) is 191 Å². The Bertz CT molecular complexity index is 1610.